The van der Waals surface area contributed by atoms with Crippen LogP contribution in [0.4, 0.5) is 0 Å². The molecular formula is C17H18N4OS2. The number of H-pyrrole nitrogens is 1. The summed E-state index contributed by atoms with van der Waals surface area (Å²) in [6, 6.07) is 8.14. The molecule has 0 radical (unpaired) electrons. The Morgan fingerprint density at radius 1 is 1.29 bits per heavy atom. The Balaban J connectivity index is 1.79. The highest BCUT2D eigenvalue weighted by molar-refractivity contribution is 7.71. The molecule has 0 fully saturated rings. The maximum absolute atomic E-state index is 5.87. The lowest BCUT2D eigenvalue weighted by molar-refractivity contribution is 0.288. The number of rotatable bonds is 5. The topological polar surface area (TPSA) is 55.2 Å². The van der Waals surface area contributed by atoms with Gasteiger partial charge in [-0.05, 0) is 61.6 Å². The summed E-state index contributed by atoms with van der Waals surface area (Å²) >= 11 is 6.89. The van der Waals surface area contributed by atoms with Crippen molar-refractivity contribution >= 4 is 29.8 Å². The third-order valence-electron chi connectivity index (χ3n) is 3.60. The molecule has 0 saturated carbocycles. The first-order valence-electron chi connectivity index (χ1n) is 7.49. The highest BCUT2D eigenvalue weighted by atomic mass is 32.1. The summed E-state index contributed by atoms with van der Waals surface area (Å²) in [7, 11) is 0. The summed E-state index contributed by atoms with van der Waals surface area (Å²) in [5, 5.41) is 13.5. The molecule has 3 aromatic rings. The van der Waals surface area contributed by atoms with Gasteiger partial charge in [-0.3, -0.25) is 0 Å². The number of aromatic amines is 1. The van der Waals surface area contributed by atoms with Crippen molar-refractivity contribution in [2.45, 2.75) is 27.4 Å². The van der Waals surface area contributed by atoms with Crippen molar-refractivity contribution in [1.29, 1.82) is 0 Å². The molecule has 3 rings (SSSR count). The summed E-state index contributed by atoms with van der Waals surface area (Å²) in [4.78, 5) is 1.10. The highest BCUT2D eigenvalue weighted by Gasteiger charge is 2.08. The molecule has 0 unspecified atom stereocenters. The van der Waals surface area contributed by atoms with E-state index in [1.54, 1.807) is 22.2 Å². The van der Waals surface area contributed by atoms with E-state index in [1.165, 1.54) is 11.1 Å². The van der Waals surface area contributed by atoms with Crippen molar-refractivity contribution in [2.24, 2.45) is 5.10 Å². The van der Waals surface area contributed by atoms with E-state index >= 15 is 0 Å². The second kappa shape index (κ2) is 7.11. The quantitative estimate of drug-likeness (QED) is 0.544. The van der Waals surface area contributed by atoms with Gasteiger partial charge in [0.1, 0.15) is 12.4 Å². The van der Waals surface area contributed by atoms with E-state index in [1.807, 2.05) is 24.4 Å². The second-order valence-corrected chi connectivity index (χ2v) is 6.86. The molecule has 1 N–H and O–H groups in total. The van der Waals surface area contributed by atoms with Gasteiger partial charge in [-0.25, -0.2) is 5.10 Å². The molecule has 0 atom stereocenters. The molecule has 0 saturated heterocycles. The zero-order valence-electron chi connectivity index (χ0n) is 13.7. The predicted octanol–water partition coefficient (Wildman–Crippen LogP) is 4.39. The second-order valence-electron chi connectivity index (χ2n) is 5.53. The van der Waals surface area contributed by atoms with Crippen LogP contribution < -0.4 is 4.74 Å². The zero-order chi connectivity index (χ0) is 17.1. The van der Waals surface area contributed by atoms with Crippen molar-refractivity contribution in [3.63, 3.8) is 0 Å². The number of nitrogens with zero attached hydrogens (tertiary/aromatic N) is 3. The normalized spacial score (nSPS) is 11.3. The fourth-order valence-electron chi connectivity index (χ4n) is 2.27. The maximum Gasteiger partial charge on any atom is 0.216 e. The van der Waals surface area contributed by atoms with Crippen LogP contribution in [0.2, 0.25) is 0 Å². The standard InChI is InChI=1S/C17H18N4OS2/c1-11-4-5-14(13(3)8-11)22-10-16-19-20-17(23)21(16)18-9-15-12(2)6-7-24-15/h4-9H,10H2,1-3H3,(H,20,23)/b18-9-. The summed E-state index contributed by atoms with van der Waals surface area (Å²) in [5.74, 6) is 1.46. The molecular weight excluding hydrogens is 340 g/mol. The van der Waals surface area contributed by atoms with E-state index in [4.69, 9.17) is 17.0 Å². The molecule has 24 heavy (non-hydrogen) atoms. The van der Waals surface area contributed by atoms with Gasteiger partial charge in [0.25, 0.3) is 0 Å². The Labute approximate surface area is 149 Å². The van der Waals surface area contributed by atoms with Gasteiger partial charge in [0, 0.05) is 0 Å². The molecule has 5 nitrogen and oxygen atoms in total. The molecule has 0 aliphatic carbocycles. The predicted molar refractivity (Wildman–Crippen MR) is 99.7 cm³/mol. The van der Waals surface area contributed by atoms with Gasteiger partial charge in [-0.15, -0.1) is 11.3 Å². The van der Waals surface area contributed by atoms with Gasteiger partial charge in [0.2, 0.25) is 4.77 Å². The molecule has 0 spiro atoms. The molecule has 0 amide bonds. The van der Waals surface area contributed by atoms with Crippen LogP contribution in [0.25, 0.3) is 0 Å². The van der Waals surface area contributed by atoms with Gasteiger partial charge < -0.3 is 4.74 Å². The smallest absolute Gasteiger partial charge is 0.216 e. The molecule has 0 bridgehead atoms. The minimum absolute atomic E-state index is 0.289. The Kier molecular flexibility index (Phi) is 4.92. The molecule has 0 aliphatic heterocycles. The van der Waals surface area contributed by atoms with Crippen molar-refractivity contribution < 1.29 is 4.74 Å². The third kappa shape index (κ3) is 3.63. The van der Waals surface area contributed by atoms with E-state index in [-0.39, 0.29) is 6.61 Å². The first kappa shape index (κ1) is 16.6. The molecule has 7 heteroatoms. The van der Waals surface area contributed by atoms with E-state index in [9.17, 15) is 0 Å². The average Bonchev–Trinajstić information content (AvgIpc) is 3.10. The van der Waals surface area contributed by atoms with Crippen LogP contribution >= 0.6 is 23.6 Å². The molecule has 124 valence electrons. The van der Waals surface area contributed by atoms with E-state index < -0.39 is 0 Å². The largest absolute Gasteiger partial charge is 0.485 e. The van der Waals surface area contributed by atoms with Gasteiger partial charge in [0.05, 0.1) is 11.1 Å². The van der Waals surface area contributed by atoms with Gasteiger partial charge in [-0.2, -0.15) is 14.9 Å². The lowest BCUT2D eigenvalue weighted by atomic mass is 10.1. The Morgan fingerprint density at radius 3 is 2.83 bits per heavy atom. The van der Waals surface area contributed by atoms with Crippen LogP contribution in [0.1, 0.15) is 27.4 Å². The number of aryl methyl sites for hydroxylation is 3. The first-order chi connectivity index (χ1) is 11.5. The monoisotopic (exact) mass is 358 g/mol. The van der Waals surface area contributed by atoms with Crippen LogP contribution in [-0.4, -0.2) is 21.1 Å². The summed E-state index contributed by atoms with van der Waals surface area (Å²) < 4.78 is 7.91. The van der Waals surface area contributed by atoms with E-state index in [0.29, 0.717) is 10.6 Å². The molecule has 2 heterocycles. The SMILES string of the molecule is Cc1ccc(OCc2n[nH]c(=S)n2/N=C\c2sccc2C)c(C)c1. The van der Waals surface area contributed by atoms with Crippen molar-refractivity contribution in [3.8, 4) is 5.75 Å². The minimum atomic E-state index is 0.289. The summed E-state index contributed by atoms with van der Waals surface area (Å²) in [6.07, 6.45) is 1.80. The van der Waals surface area contributed by atoms with Crippen LogP contribution in [-0.2, 0) is 6.61 Å². The van der Waals surface area contributed by atoms with Gasteiger partial charge in [0.15, 0.2) is 5.82 Å². The Morgan fingerprint density at radius 2 is 2.12 bits per heavy atom. The number of hydrogen-bond donors (Lipinski definition) is 1. The lowest BCUT2D eigenvalue weighted by Gasteiger charge is -2.09. The number of benzene rings is 1. The third-order valence-corrected chi connectivity index (χ3v) is 4.81. The van der Waals surface area contributed by atoms with Crippen molar-refractivity contribution in [3.05, 3.63) is 61.8 Å². The number of thiophene rings is 1. The van der Waals surface area contributed by atoms with Crippen LogP contribution in [0.15, 0.2) is 34.7 Å². The average molecular weight is 358 g/mol. The number of ether oxygens (including phenoxy) is 1. The fraction of sp³-hybridized carbons (Fsp3) is 0.235. The molecule has 1 aromatic carbocycles. The number of hydrogen-bond acceptors (Lipinski definition) is 5. The molecule has 2 aromatic heterocycles. The van der Waals surface area contributed by atoms with E-state index in [2.05, 4.69) is 41.3 Å². The van der Waals surface area contributed by atoms with E-state index in [0.717, 1.165) is 16.2 Å². The van der Waals surface area contributed by atoms with Gasteiger partial charge in [-0.1, -0.05) is 17.7 Å². The number of aromatic nitrogens is 3. The van der Waals surface area contributed by atoms with Crippen molar-refractivity contribution in [1.82, 2.24) is 14.9 Å². The van der Waals surface area contributed by atoms with Gasteiger partial charge >= 0.3 is 0 Å². The fourth-order valence-corrected chi connectivity index (χ4v) is 3.25. The highest BCUT2D eigenvalue weighted by Crippen LogP contribution is 2.20. The first-order valence-corrected chi connectivity index (χ1v) is 8.78. The van der Waals surface area contributed by atoms with Crippen LogP contribution in [0.5, 0.6) is 5.75 Å². The van der Waals surface area contributed by atoms with Crippen molar-refractivity contribution in [2.75, 3.05) is 0 Å². The summed E-state index contributed by atoms with van der Waals surface area (Å²) in [5.41, 5.74) is 3.48. The van der Waals surface area contributed by atoms with Crippen LogP contribution in [0, 0.1) is 25.5 Å². The Bertz CT molecular complexity index is 936. The number of nitrogens with one attached hydrogen (secondary N) is 1. The maximum atomic E-state index is 5.87. The molecule has 0 aliphatic rings. The zero-order valence-corrected chi connectivity index (χ0v) is 15.4. The minimum Gasteiger partial charge on any atom is -0.485 e. The lowest BCUT2D eigenvalue weighted by Crippen LogP contribution is -2.05. The Hall–Kier alpha value is -2.25. The van der Waals surface area contributed by atoms with Crippen LogP contribution in [0.3, 0.4) is 0 Å². The summed E-state index contributed by atoms with van der Waals surface area (Å²) in [6.45, 7) is 6.43.